The molecule has 0 aliphatic rings. The number of rotatable bonds is 5. The predicted octanol–water partition coefficient (Wildman–Crippen LogP) is 1.27. The van der Waals surface area contributed by atoms with Gasteiger partial charge in [0, 0.05) is 31.9 Å². The molecule has 108 valence electrons. The Morgan fingerprint density at radius 1 is 1.15 bits per heavy atom. The molecule has 0 radical (unpaired) electrons. The Kier molecular flexibility index (Phi) is 5.52. The fourth-order valence-electron chi connectivity index (χ4n) is 1.50. The summed E-state index contributed by atoms with van der Waals surface area (Å²) in [6.07, 6.45) is -0.279. The van der Waals surface area contributed by atoms with Gasteiger partial charge in [0.05, 0.1) is 6.42 Å². The third-order valence-corrected chi connectivity index (χ3v) is 2.62. The summed E-state index contributed by atoms with van der Waals surface area (Å²) in [6.45, 7) is 0. The van der Waals surface area contributed by atoms with Crippen molar-refractivity contribution in [2.45, 2.75) is 12.8 Å². The van der Waals surface area contributed by atoms with Crippen molar-refractivity contribution >= 4 is 29.3 Å². The van der Waals surface area contributed by atoms with Gasteiger partial charge in [0.2, 0.25) is 5.91 Å². The molecule has 0 unspecified atom stereocenters. The van der Waals surface area contributed by atoms with Crippen LogP contribution in [0.1, 0.15) is 12.8 Å². The van der Waals surface area contributed by atoms with Crippen molar-refractivity contribution in [2.75, 3.05) is 24.3 Å². The Morgan fingerprint density at radius 2 is 1.75 bits per heavy atom. The first-order valence-electron chi connectivity index (χ1n) is 6.01. The highest BCUT2D eigenvalue weighted by Crippen LogP contribution is 2.17. The molecular weight excluding hydrogens is 262 g/mol. The third-order valence-electron chi connectivity index (χ3n) is 2.62. The van der Waals surface area contributed by atoms with E-state index in [0.717, 1.165) is 0 Å². The van der Waals surface area contributed by atoms with Crippen LogP contribution in [0.2, 0.25) is 0 Å². The molecule has 0 saturated carbocycles. The van der Waals surface area contributed by atoms with Crippen molar-refractivity contribution in [3.63, 3.8) is 0 Å². The van der Waals surface area contributed by atoms with Gasteiger partial charge in [-0.2, -0.15) is 0 Å². The summed E-state index contributed by atoms with van der Waals surface area (Å²) in [5.74, 6) is -1.37. The molecule has 1 aromatic rings. The van der Waals surface area contributed by atoms with Crippen LogP contribution in [0.15, 0.2) is 24.3 Å². The lowest BCUT2D eigenvalue weighted by atomic mass is 10.2. The van der Waals surface area contributed by atoms with Gasteiger partial charge in [-0.25, -0.2) is 4.79 Å². The van der Waals surface area contributed by atoms with Crippen LogP contribution < -0.4 is 15.5 Å². The zero-order valence-electron chi connectivity index (χ0n) is 11.3. The summed E-state index contributed by atoms with van der Waals surface area (Å²) < 4.78 is 0. The molecule has 1 aromatic carbocycles. The van der Waals surface area contributed by atoms with E-state index in [1.807, 2.05) is 0 Å². The quantitative estimate of drug-likeness (QED) is 0.755. The van der Waals surface area contributed by atoms with Crippen molar-refractivity contribution in [3.8, 4) is 0 Å². The lowest BCUT2D eigenvalue weighted by Gasteiger charge is -2.16. The molecule has 3 N–H and O–H groups in total. The van der Waals surface area contributed by atoms with Crippen LogP contribution in [-0.4, -0.2) is 37.1 Å². The molecule has 0 aromatic heterocycles. The van der Waals surface area contributed by atoms with E-state index in [1.165, 1.54) is 11.9 Å². The molecule has 0 aliphatic carbocycles. The number of anilines is 2. The number of urea groups is 1. The maximum absolute atomic E-state index is 11.4. The molecule has 0 aliphatic heterocycles. The van der Waals surface area contributed by atoms with Gasteiger partial charge in [0.15, 0.2) is 0 Å². The minimum Gasteiger partial charge on any atom is -0.481 e. The standard InChI is InChI=1S/C13H17N3O4/c1-14-13(20)16(2)10-5-3-9(4-6-10)15-11(17)7-8-12(18)19/h3-6H,7-8H2,1-2H3,(H,14,20)(H,15,17)(H,18,19). The molecule has 20 heavy (non-hydrogen) atoms. The predicted molar refractivity (Wildman–Crippen MR) is 74.8 cm³/mol. The first-order valence-corrected chi connectivity index (χ1v) is 6.01. The zero-order valence-corrected chi connectivity index (χ0v) is 11.3. The van der Waals surface area contributed by atoms with E-state index in [0.29, 0.717) is 11.4 Å². The van der Waals surface area contributed by atoms with E-state index in [4.69, 9.17) is 5.11 Å². The molecule has 0 atom stereocenters. The van der Waals surface area contributed by atoms with Crippen LogP contribution in [-0.2, 0) is 9.59 Å². The topological polar surface area (TPSA) is 98.7 Å². The second kappa shape index (κ2) is 7.13. The van der Waals surface area contributed by atoms with E-state index in [2.05, 4.69) is 10.6 Å². The van der Waals surface area contributed by atoms with Gasteiger partial charge in [-0.15, -0.1) is 0 Å². The number of carbonyl (C=O) groups excluding carboxylic acids is 2. The zero-order chi connectivity index (χ0) is 15.1. The molecule has 0 fully saturated rings. The number of benzene rings is 1. The normalized spacial score (nSPS) is 9.70. The average Bonchev–Trinajstić information content (AvgIpc) is 2.44. The SMILES string of the molecule is CNC(=O)N(C)c1ccc(NC(=O)CCC(=O)O)cc1. The van der Waals surface area contributed by atoms with Crippen molar-refractivity contribution in [1.82, 2.24) is 5.32 Å². The molecule has 7 nitrogen and oxygen atoms in total. The lowest BCUT2D eigenvalue weighted by Crippen LogP contribution is -2.34. The average molecular weight is 279 g/mol. The largest absolute Gasteiger partial charge is 0.481 e. The summed E-state index contributed by atoms with van der Waals surface area (Å²) in [6, 6.07) is 6.41. The molecule has 0 bridgehead atoms. The van der Waals surface area contributed by atoms with Gasteiger partial charge in [0.1, 0.15) is 0 Å². The van der Waals surface area contributed by atoms with Crippen LogP contribution in [0.5, 0.6) is 0 Å². The van der Waals surface area contributed by atoms with Gasteiger partial charge in [-0.3, -0.25) is 14.5 Å². The van der Waals surface area contributed by atoms with Gasteiger partial charge < -0.3 is 15.7 Å². The van der Waals surface area contributed by atoms with Crippen molar-refractivity contribution in [2.24, 2.45) is 0 Å². The van der Waals surface area contributed by atoms with Gasteiger partial charge >= 0.3 is 12.0 Å². The van der Waals surface area contributed by atoms with E-state index in [9.17, 15) is 14.4 Å². The summed E-state index contributed by atoms with van der Waals surface area (Å²) in [4.78, 5) is 34.6. The molecule has 7 heteroatoms. The molecular formula is C13H17N3O4. The van der Waals surface area contributed by atoms with Crippen LogP contribution in [0.4, 0.5) is 16.2 Å². The van der Waals surface area contributed by atoms with E-state index in [-0.39, 0.29) is 24.8 Å². The minimum atomic E-state index is -1.01. The molecule has 0 heterocycles. The van der Waals surface area contributed by atoms with Crippen molar-refractivity contribution < 1.29 is 19.5 Å². The van der Waals surface area contributed by atoms with Gasteiger partial charge in [-0.1, -0.05) is 0 Å². The molecule has 1 rings (SSSR count). The monoisotopic (exact) mass is 279 g/mol. The highest BCUT2D eigenvalue weighted by atomic mass is 16.4. The number of hydrogen-bond donors (Lipinski definition) is 3. The van der Waals surface area contributed by atoms with Gasteiger partial charge in [-0.05, 0) is 24.3 Å². The number of carbonyl (C=O) groups is 3. The summed E-state index contributed by atoms with van der Waals surface area (Å²) in [7, 11) is 3.16. The Bertz CT molecular complexity index is 499. The van der Waals surface area contributed by atoms with Crippen LogP contribution in [0.25, 0.3) is 0 Å². The highest BCUT2D eigenvalue weighted by Gasteiger charge is 2.09. The maximum atomic E-state index is 11.4. The lowest BCUT2D eigenvalue weighted by molar-refractivity contribution is -0.138. The fourth-order valence-corrected chi connectivity index (χ4v) is 1.50. The van der Waals surface area contributed by atoms with E-state index in [1.54, 1.807) is 31.3 Å². The third kappa shape index (κ3) is 4.60. The van der Waals surface area contributed by atoms with Crippen LogP contribution in [0.3, 0.4) is 0 Å². The fraction of sp³-hybridized carbons (Fsp3) is 0.308. The number of aliphatic carboxylic acids is 1. The second-order valence-electron chi connectivity index (χ2n) is 4.10. The van der Waals surface area contributed by atoms with Crippen molar-refractivity contribution in [1.29, 1.82) is 0 Å². The van der Waals surface area contributed by atoms with Crippen molar-refractivity contribution in [3.05, 3.63) is 24.3 Å². The van der Waals surface area contributed by atoms with E-state index >= 15 is 0 Å². The number of nitrogens with zero attached hydrogens (tertiary/aromatic N) is 1. The minimum absolute atomic E-state index is 0.0742. The molecule has 0 spiro atoms. The van der Waals surface area contributed by atoms with Crippen LogP contribution >= 0.6 is 0 Å². The molecule has 0 saturated heterocycles. The number of amides is 3. The summed E-state index contributed by atoms with van der Waals surface area (Å²) in [5.41, 5.74) is 1.22. The number of carboxylic acid groups (broad SMARTS) is 1. The van der Waals surface area contributed by atoms with E-state index < -0.39 is 5.97 Å². The van der Waals surface area contributed by atoms with Crippen LogP contribution in [0, 0.1) is 0 Å². The van der Waals surface area contributed by atoms with Gasteiger partial charge in [0.25, 0.3) is 0 Å². The number of carboxylic acids is 1. The smallest absolute Gasteiger partial charge is 0.321 e. The Balaban J connectivity index is 2.60. The summed E-state index contributed by atoms with van der Waals surface area (Å²) in [5, 5.41) is 13.6. The Hall–Kier alpha value is -2.57. The Morgan fingerprint density at radius 3 is 2.25 bits per heavy atom. The number of nitrogens with one attached hydrogen (secondary N) is 2. The first kappa shape index (κ1) is 15.5. The maximum Gasteiger partial charge on any atom is 0.321 e. The molecule has 3 amide bonds. The first-order chi connectivity index (χ1) is 9.43. The highest BCUT2D eigenvalue weighted by molar-refractivity contribution is 5.94. The second-order valence-corrected chi connectivity index (χ2v) is 4.10. The summed E-state index contributed by atoms with van der Waals surface area (Å²) >= 11 is 0. The Labute approximate surface area is 116 Å². The number of hydrogen-bond acceptors (Lipinski definition) is 3.